The third kappa shape index (κ3) is 2.76. The van der Waals surface area contributed by atoms with E-state index in [1.165, 1.54) is 11.0 Å². The van der Waals surface area contributed by atoms with Gasteiger partial charge in [0.2, 0.25) is 11.9 Å². The first-order chi connectivity index (χ1) is 8.31. The van der Waals surface area contributed by atoms with Crippen molar-refractivity contribution in [3.8, 4) is 0 Å². The zero-order chi connectivity index (χ0) is 13.5. The van der Waals surface area contributed by atoms with Gasteiger partial charge in [0.1, 0.15) is 5.66 Å². The molecule has 2 rings (SSSR count). The molecular weight excluding hydrogens is 276 g/mol. The predicted molar refractivity (Wildman–Crippen MR) is 73.4 cm³/mol. The van der Waals surface area contributed by atoms with Gasteiger partial charge < -0.3 is 11.5 Å². The highest BCUT2D eigenvalue weighted by Gasteiger charge is 2.33. The predicted octanol–water partition coefficient (Wildman–Crippen LogP) is 1.57. The third-order valence-electron chi connectivity index (χ3n) is 2.55. The highest BCUT2D eigenvalue weighted by molar-refractivity contribution is 6.05. The Hall–Kier alpha value is -1.89. The van der Waals surface area contributed by atoms with Crippen LogP contribution >= 0.6 is 12.4 Å². The van der Waals surface area contributed by atoms with E-state index in [1.807, 2.05) is 0 Å². The minimum absolute atomic E-state index is 0. The van der Waals surface area contributed by atoms with Crippen molar-refractivity contribution in [3.63, 3.8) is 0 Å². The molecule has 1 aliphatic heterocycles. The monoisotopic (exact) mass is 289 g/mol. The van der Waals surface area contributed by atoms with Crippen LogP contribution in [-0.4, -0.2) is 17.6 Å². The van der Waals surface area contributed by atoms with Crippen LogP contribution in [0.5, 0.6) is 0 Å². The number of halogens is 3. The molecule has 0 aliphatic carbocycles. The van der Waals surface area contributed by atoms with E-state index >= 15 is 0 Å². The second-order valence-electron chi connectivity index (χ2n) is 4.37. The number of guanidine groups is 2. The first kappa shape index (κ1) is 15.2. The molecule has 19 heavy (non-hydrogen) atoms. The molecule has 0 amide bonds. The largest absolute Gasteiger partial charge is 0.369 e. The topological polar surface area (TPSA) is 80.0 Å². The second-order valence-corrected chi connectivity index (χ2v) is 4.37. The molecule has 0 bridgehead atoms. The van der Waals surface area contributed by atoms with Crippen LogP contribution < -0.4 is 16.4 Å². The van der Waals surface area contributed by atoms with Gasteiger partial charge in [-0.3, -0.25) is 4.90 Å². The van der Waals surface area contributed by atoms with Crippen LogP contribution in [0, 0.1) is 11.6 Å². The lowest BCUT2D eigenvalue weighted by Gasteiger charge is -2.38. The molecule has 4 N–H and O–H groups in total. The average molecular weight is 290 g/mol. The van der Waals surface area contributed by atoms with Crippen LogP contribution in [0.4, 0.5) is 14.5 Å². The van der Waals surface area contributed by atoms with E-state index in [4.69, 9.17) is 11.5 Å². The standard InChI is InChI=1S/C11H13F2N5.ClH/c1-11(2)17-9(14)16-10(15)18(11)6-3-4-7(12)8(13)5-6;/h3-5H,1-2H3,(H4,14,15,16,17);1H. The summed E-state index contributed by atoms with van der Waals surface area (Å²) in [4.78, 5) is 9.41. The lowest BCUT2D eigenvalue weighted by Crippen LogP contribution is -2.54. The van der Waals surface area contributed by atoms with E-state index in [0.29, 0.717) is 5.69 Å². The summed E-state index contributed by atoms with van der Waals surface area (Å²) < 4.78 is 26.2. The number of benzene rings is 1. The molecule has 104 valence electrons. The van der Waals surface area contributed by atoms with Crippen molar-refractivity contribution < 1.29 is 8.78 Å². The summed E-state index contributed by atoms with van der Waals surface area (Å²) in [7, 11) is 0. The smallest absolute Gasteiger partial charge is 0.220 e. The highest BCUT2D eigenvalue weighted by Crippen LogP contribution is 2.28. The fourth-order valence-corrected chi connectivity index (χ4v) is 1.88. The van der Waals surface area contributed by atoms with E-state index in [-0.39, 0.29) is 24.3 Å². The normalized spacial score (nSPS) is 17.4. The summed E-state index contributed by atoms with van der Waals surface area (Å²) in [6.07, 6.45) is 0. The van der Waals surface area contributed by atoms with Crippen LogP contribution in [0.2, 0.25) is 0 Å². The third-order valence-corrected chi connectivity index (χ3v) is 2.55. The number of nitrogens with two attached hydrogens (primary N) is 2. The van der Waals surface area contributed by atoms with Crippen molar-refractivity contribution >= 4 is 30.0 Å². The van der Waals surface area contributed by atoms with Crippen LogP contribution in [0.3, 0.4) is 0 Å². The van der Waals surface area contributed by atoms with Crippen molar-refractivity contribution in [1.29, 1.82) is 0 Å². The summed E-state index contributed by atoms with van der Waals surface area (Å²) >= 11 is 0. The second kappa shape index (κ2) is 5.00. The Labute approximate surface area is 115 Å². The van der Waals surface area contributed by atoms with E-state index in [9.17, 15) is 8.78 Å². The molecule has 0 aromatic heterocycles. The fraction of sp³-hybridized carbons (Fsp3) is 0.273. The van der Waals surface area contributed by atoms with Gasteiger partial charge in [0.25, 0.3) is 0 Å². The van der Waals surface area contributed by atoms with Gasteiger partial charge >= 0.3 is 0 Å². The van der Waals surface area contributed by atoms with Gasteiger partial charge in [-0.05, 0) is 26.0 Å². The summed E-state index contributed by atoms with van der Waals surface area (Å²) in [5.41, 5.74) is 10.8. The summed E-state index contributed by atoms with van der Waals surface area (Å²) in [6, 6.07) is 3.46. The quantitative estimate of drug-likeness (QED) is 0.823. The van der Waals surface area contributed by atoms with E-state index in [1.54, 1.807) is 13.8 Å². The van der Waals surface area contributed by atoms with Crippen molar-refractivity contribution in [2.45, 2.75) is 19.5 Å². The number of nitrogens with zero attached hydrogens (tertiary/aromatic N) is 3. The first-order valence-electron chi connectivity index (χ1n) is 5.26. The van der Waals surface area contributed by atoms with Gasteiger partial charge in [0, 0.05) is 11.8 Å². The van der Waals surface area contributed by atoms with Gasteiger partial charge in [-0.2, -0.15) is 4.99 Å². The van der Waals surface area contributed by atoms with Gasteiger partial charge in [-0.25, -0.2) is 13.8 Å². The maximum atomic E-state index is 13.2. The van der Waals surface area contributed by atoms with Crippen LogP contribution in [-0.2, 0) is 0 Å². The van der Waals surface area contributed by atoms with Crippen molar-refractivity contribution in [2.75, 3.05) is 4.90 Å². The Morgan fingerprint density at radius 2 is 1.79 bits per heavy atom. The number of hydrogen-bond acceptors (Lipinski definition) is 5. The maximum absolute atomic E-state index is 13.2. The molecule has 0 saturated carbocycles. The number of anilines is 1. The van der Waals surface area contributed by atoms with Crippen LogP contribution in [0.15, 0.2) is 28.2 Å². The van der Waals surface area contributed by atoms with Crippen LogP contribution in [0.25, 0.3) is 0 Å². The zero-order valence-corrected chi connectivity index (χ0v) is 11.2. The molecule has 0 radical (unpaired) electrons. The molecule has 0 saturated heterocycles. The molecule has 1 aromatic rings. The van der Waals surface area contributed by atoms with Gasteiger partial charge in [-0.15, -0.1) is 12.4 Å². The maximum Gasteiger partial charge on any atom is 0.220 e. The molecule has 8 heteroatoms. The highest BCUT2D eigenvalue weighted by atomic mass is 35.5. The minimum Gasteiger partial charge on any atom is -0.369 e. The Morgan fingerprint density at radius 3 is 2.32 bits per heavy atom. The Bertz CT molecular complexity index is 556. The van der Waals surface area contributed by atoms with Crippen molar-refractivity contribution in [3.05, 3.63) is 29.8 Å². The number of hydrogen-bond donors (Lipinski definition) is 2. The molecule has 1 heterocycles. The van der Waals surface area contributed by atoms with Crippen molar-refractivity contribution in [1.82, 2.24) is 0 Å². The van der Waals surface area contributed by atoms with E-state index in [2.05, 4.69) is 9.98 Å². The summed E-state index contributed by atoms with van der Waals surface area (Å²) in [5.74, 6) is -1.75. The molecule has 0 spiro atoms. The first-order valence-corrected chi connectivity index (χ1v) is 5.26. The molecule has 5 nitrogen and oxygen atoms in total. The molecule has 0 unspecified atom stereocenters. The van der Waals surface area contributed by atoms with Gasteiger partial charge in [0.15, 0.2) is 11.6 Å². The molecule has 1 aromatic carbocycles. The van der Waals surface area contributed by atoms with E-state index < -0.39 is 17.3 Å². The lowest BCUT2D eigenvalue weighted by atomic mass is 10.1. The Morgan fingerprint density at radius 1 is 1.16 bits per heavy atom. The number of aliphatic imine (C=N–C) groups is 2. The summed E-state index contributed by atoms with van der Waals surface area (Å²) in [5, 5.41) is 0. The lowest BCUT2D eigenvalue weighted by molar-refractivity contribution is 0.503. The Kier molecular flexibility index (Phi) is 4.00. The molecule has 1 aliphatic rings. The van der Waals surface area contributed by atoms with E-state index in [0.717, 1.165) is 12.1 Å². The molecular formula is C11H14ClF2N5. The minimum atomic E-state index is -0.960. The average Bonchev–Trinajstić information content (AvgIpc) is 2.20. The van der Waals surface area contributed by atoms with Gasteiger partial charge in [-0.1, -0.05) is 0 Å². The number of rotatable bonds is 1. The van der Waals surface area contributed by atoms with Gasteiger partial charge in [0.05, 0.1) is 0 Å². The zero-order valence-electron chi connectivity index (χ0n) is 10.4. The molecule has 0 atom stereocenters. The Balaban J connectivity index is 0.00000180. The molecule has 0 fully saturated rings. The SMILES string of the molecule is CC1(C)N=C(N)N=C(N)N1c1ccc(F)c(F)c1.Cl. The fourth-order valence-electron chi connectivity index (χ4n) is 1.88. The summed E-state index contributed by atoms with van der Waals surface area (Å²) in [6.45, 7) is 3.48. The van der Waals surface area contributed by atoms with Crippen LogP contribution in [0.1, 0.15) is 13.8 Å². The van der Waals surface area contributed by atoms with Crippen molar-refractivity contribution in [2.24, 2.45) is 21.5 Å².